The average Bonchev–Trinajstić information content (AvgIpc) is 2.36. The monoisotopic (exact) mass is 320 g/mol. The summed E-state index contributed by atoms with van der Waals surface area (Å²) < 4.78 is 30.4. The fourth-order valence-electron chi connectivity index (χ4n) is 1.51. The summed E-state index contributed by atoms with van der Waals surface area (Å²) in [6, 6.07) is 1.98. The molecule has 0 spiro atoms. The third-order valence-corrected chi connectivity index (χ3v) is 3.29. The number of halogens is 3. The summed E-state index contributed by atoms with van der Waals surface area (Å²) in [6.07, 6.45) is 0.219. The first-order chi connectivity index (χ1) is 8.43. The van der Waals surface area contributed by atoms with Gasteiger partial charge >= 0.3 is 5.97 Å². The third-order valence-electron chi connectivity index (χ3n) is 2.51. The molecule has 1 unspecified atom stereocenters. The van der Waals surface area contributed by atoms with Crippen LogP contribution in [-0.2, 0) is 9.53 Å². The molecule has 0 saturated carbocycles. The van der Waals surface area contributed by atoms with Gasteiger partial charge < -0.3 is 4.74 Å². The molecule has 1 aromatic carbocycles. The van der Waals surface area contributed by atoms with Gasteiger partial charge in [-0.15, -0.1) is 0 Å². The maximum atomic E-state index is 13.3. The van der Waals surface area contributed by atoms with Crippen molar-refractivity contribution in [1.82, 2.24) is 0 Å². The minimum atomic E-state index is -1.15. The summed E-state index contributed by atoms with van der Waals surface area (Å²) in [4.78, 5) is 23.4. The quantitative estimate of drug-likeness (QED) is 0.370. The highest BCUT2D eigenvalue weighted by Gasteiger charge is 2.29. The van der Waals surface area contributed by atoms with Gasteiger partial charge in [-0.3, -0.25) is 9.59 Å². The van der Waals surface area contributed by atoms with E-state index in [9.17, 15) is 18.4 Å². The number of rotatable bonds is 4. The molecule has 0 aliphatic heterocycles. The number of ketones is 1. The Kier molecular flexibility index (Phi) is 4.95. The number of Topliss-reactive ketones (excluding diaryl/α,β-unsaturated/α-hetero) is 1. The molecule has 0 N–H and O–H groups in total. The number of hydrogen-bond acceptors (Lipinski definition) is 3. The molecule has 0 aliphatic rings. The topological polar surface area (TPSA) is 43.4 Å². The van der Waals surface area contributed by atoms with Gasteiger partial charge in [0.15, 0.2) is 17.4 Å². The molecular weight excluding hydrogens is 310 g/mol. The summed E-state index contributed by atoms with van der Waals surface area (Å²) in [5.41, 5.74) is -0.0776. The molecule has 98 valence electrons. The summed E-state index contributed by atoms with van der Waals surface area (Å²) >= 11 is 2.81. The van der Waals surface area contributed by atoms with Crippen LogP contribution in [0.25, 0.3) is 0 Å². The number of carbonyl (C=O) groups is 2. The van der Waals surface area contributed by atoms with Gasteiger partial charge in [0.1, 0.15) is 5.92 Å². The van der Waals surface area contributed by atoms with E-state index in [0.29, 0.717) is 0 Å². The highest BCUT2D eigenvalue weighted by molar-refractivity contribution is 9.10. The van der Waals surface area contributed by atoms with Gasteiger partial charge in [-0.1, -0.05) is 6.92 Å². The van der Waals surface area contributed by atoms with Gasteiger partial charge in [-0.05, 0) is 34.5 Å². The number of ether oxygens (including phenoxy) is 1. The second-order valence-corrected chi connectivity index (χ2v) is 4.36. The maximum Gasteiger partial charge on any atom is 0.316 e. The Hall–Kier alpha value is -1.30. The molecule has 0 bridgehead atoms. The standard InChI is InChI=1S/C12H11BrF2O3/c1-3-6(12(17)18-2)11(16)7-4-5-8(14)10(15)9(7)13/h4-6H,3H2,1-2H3. The first kappa shape index (κ1) is 14.8. The predicted molar refractivity (Wildman–Crippen MR) is 64.2 cm³/mol. The number of esters is 1. The summed E-state index contributed by atoms with van der Waals surface area (Å²) in [5, 5.41) is 0. The number of methoxy groups -OCH3 is 1. The van der Waals surface area contributed by atoms with Gasteiger partial charge in [0.05, 0.1) is 11.6 Å². The van der Waals surface area contributed by atoms with Crippen LogP contribution < -0.4 is 0 Å². The largest absolute Gasteiger partial charge is 0.468 e. The average molecular weight is 321 g/mol. The normalized spacial score (nSPS) is 12.1. The van der Waals surface area contributed by atoms with E-state index < -0.39 is 29.3 Å². The second-order valence-electron chi connectivity index (χ2n) is 3.57. The molecule has 0 fully saturated rings. The Morgan fingerprint density at radius 1 is 1.39 bits per heavy atom. The Morgan fingerprint density at radius 3 is 2.50 bits per heavy atom. The van der Waals surface area contributed by atoms with E-state index in [1.165, 1.54) is 7.11 Å². The molecule has 1 atom stereocenters. The molecule has 1 aromatic rings. The Bertz CT molecular complexity index is 488. The SMILES string of the molecule is CCC(C(=O)OC)C(=O)c1ccc(F)c(F)c1Br. The van der Waals surface area contributed by atoms with Crippen LogP contribution >= 0.6 is 15.9 Å². The van der Waals surface area contributed by atoms with Gasteiger partial charge in [-0.25, -0.2) is 8.78 Å². The van der Waals surface area contributed by atoms with Crippen LogP contribution in [0.3, 0.4) is 0 Å². The minimum Gasteiger partial charge on any atom is -0.468 e. The van der Waals surface area contributed by atoms with E-state index in [2.05, 4.69) is 20.7 Å². The summed E-state index contributed by atoms with van der Waals surface area (Å²) in [7, 11) is 1.17. The van der Waals surface area contributed by atoms with Crippen LogP contribution in [0, 0.1) is 17.6 Å². The van der Waals surface area contributed by atoms with Crippen LogP contribution in [0.2, 0.25) is 0 Å². The van der Waals surface area contributed by atoms with Crippen LogP contribution in [-0.4, -0.2) is 18.9 Å². The minimum absolute atomic E-state index is 0.0776. The molecule has 1 rings (SSSR count). The van der Waals surface area contributed by atoms with Crippen LogP contribution in [0.4, 0.5) is 8.78 Å². The van der Waals surface area contributed by atoms with E-state index >= 15 is 0 Å². The van der Waals surface area contributed by atoms with Crippen molar-refractivity contribution in [3.63, 3.8) is 0 Å². The van der Waals surface area contributed by atoms with Crippen molar-refractivity contribution < 1.29 is 23.1 Å². The van der Waals surface area contributed by atoms with Crippen molar-refractivity contribution in [2.45, 2.75) is 13.3 Å². The number of hydrogen-bond donors (Lipinski definition) is 0. The van der Waals surface area contributed by atoms with Crippen molar-refractivity contribution in [2.24, 2.45) is 5.92 Å². The lowest BCUT2D eigenvalue weighted by molar-refractivity contribution is -0.143. The van der Waals surface area contributed by atoms with Crippen molar-refractivity contribution in [3.8, 4) is 0 Å². The van der Waals surface area contributed by atoms with Crippen molar-refractivity contribution >= 4 is 27.7 Å². The smallest absolute Gasteiger partial charge is 0.316 e. The van der Waals surface area contributed by atoms with E-state index in [1.54, 1.807) is 6.92 Å². The molecule has 0 heterocycles. The lowest BCUT2D eigenvalue weighted by atomic mass is 9.95. The molecule has 0 aromatic heterocycles. The molecule has 18 heavy (non-hydrogen) atoms. The van der Waals surface area contributed by atoms with Crippen LogP contribution in [0.1, 0.15) is 23.7 Å². The zero-order valence-electron chi connectivity index (χ0n) is 9.80. The van der Waals surface area contributed by atoms with Gasteiger partial charge in [0, 0.05) is 5.56 Å². The zero-order chi connectivity index (χ0) is 13.9. The maximum absolute atomic E-state index is 13.3. The van der Waals surface area contributed by atoms with Gasteiger partial charge in [0.25, 0.3) is 0 Å². The van der Waals surface area contributed by atoms with Gasteiger partial charge in [-0.2, -0.15) is 0 Å². The van der Waals surface area contributed by atoms with E-state index in [1.807, 2.05) is 0 Å². The lowest BCUT2D eigenvalue weighted by Gasteiger charge is -2.12. The molecular formula is C12H11BrF2O3. The molecule has 3 nitrogen and oxygen atoms in total. The summed E-state index contributed by atoms with van der Waals surface area (Å²) in [5.74, 6) is -4.53. The van der Waals surface area contributed by atoms with Crippen molar-refractivity contribution in [2.75, 3.05) is 7.11 Å². The first-order valence-electron chi connectivity index (χ1n) is 5.19. The van der Waals surface area contributed by atoms with Gasteiger partial charge in [0.2, 0.25) is 0 Å². The fourth-order valence-corrected chi connectivity index (χ4v) is 2.02. The molecule has 0 radical (unpaired) electrons. The lowest BCUT2D eigenvalue weighted by Crippen LogP contribution is -2.25. The van der Waals surface area contributed by atoms with E-state index in [-0.39, 0.29) is 16.5 Å². The molecule has 0 aliphatic carbocycles. The van der Waals surface area contributed by atoms with Crippen molar-refractivity contribution in [3.05, 3.63) is 33.8 Å². The molecule has 0 saturated heterocycles. The fraction of sp³-hybridized carbons (Fsp3) is 0.333. The molecule has 0 amide bonds. The summed E-state index contributed by atoms with van der Waals surface area (Å²) in [6.45, 7) is 1.63. The second kappa shape index (κ2) is 6.04. The Morgan fingerprint density at radius 2 is 2.00 bits per heavy atom. The van der Waals surface area contributed by atoms with E-state index in [0.717, 1.165) is 12.1 Å². The third kappa shape index (κ3) is 2.75. The highest BCUT2D eigenvalue weighted by Crippen LogP contribution is 2.26. The first-order valence-corrected chi connectivity index (χ1v) is 5.98. The predicted octanol–water partition coefficient (Wildman–Crippen LogP) is 3.11. The molecule has 6 heteroatoms. The Balaban J connectivity index is 3.18. The number of benzene rings is 1. The number of carbonyl (C=O) groups excluding carboxylic acids is 2. The highest BCUT2D eigenvalue weighted by atomic mass is 79.9. The van der Waals surface area contributed by atoms with Crippen molar-refractivity contribution in [1.29, 1.82) is 0 Å². The van der Waals surface area contributed by atoms with Crippen LogP contribution in [0.5, 0.6) is 0 Å². The van der Waals surface area contributed by atoms with E-state index in [4.69, 9.17) is 0 Å². The zero-order valence-corrected chi connectivity index (χ0v) is 11.4. The van der Waals surface area contributed by atoms with Crippen LogP contribution in [0.15, 0.2) is 16.6 Å². The Labute approximate surface area is 111 Å².